The molecule has 0 unspecified atom stereocenters. The van der Waals surface area contributed by atoms with Crippen LogP contribution in [0.25, 0.3) is 0 Å². The molecule has 0 saturated heterocycles. The summed E-state index contributed by atoms with van der Waals surface area (Å²) in [5, 5.41) is 11.6. The van der Waals surface area contributed by atoms with Crippen molar-refractivity contribution in [2.75, 3.05) is 26.2 Å². The van der Waals surface area contributed by atoms with E-state index in [1.165, 1.54) is 25.9 Å². The molecule has 0 radical (unpaired) electrons. The van der Waals surface area contributed by atoms with Gasteiger partial charge in [0.25, 0.3) is 0 Å². The molecule has 5 nitrogen and oxygen atoms in total. The Bertz CT molecular complexity index is 304. The first-order valence-corrected chi connectivity index (χ1v) is 7.12. The van der Waals surface area contributed by atoms with Crippen LogP contribution in [-0.2, 0) is 13.1 Å². The Morgan fingerprint density at radius 1 is 1.17 bits per heavy atom. The molecule has 1 heterocycles. The van der Waals surface area contributed by atoms with E-state index < -0.39 is 0 Å². The summed E-state index contributed by atoms with van der Waals surface area (Å²) in [5.74, 6) is 0. The van der Waals surface area contributed by atoms with E-state index in [-0.39, 0.29) is 0 Å². The Hall–Kier alpha value is -0.940. The van der Waals surface area contributed by atoms with Gasteiger partial charge in [0.1, 0.15) is 0 Å². The van der Waals surface area contributed by atoms with Crippen molar-refractivity contribution in [3.05, 3.63) is 11.9 Å². The molecule has 18 heavy (non-hydrogen) atoms. The average Bonchev–Trinajstić information content (AvgIpc) is 2.82. The second kappa shape index (κ2) is 9.05. The molecule has 0 aliphatic carbocycles. The molecule has 0 aliphatic heterocycles. The van der Waals surface area contributed by atoms with Crippen LogP contribution in [0.4, 0.5) is 0 Å². The smallest absolute Gasteiger partial charge is 0.0964 e. The average molecular weight is 253 g/mol. The largest absolute Gasteiger partial charge is 0.311 e. The second-order valence-corrected chi connectivity index (χ2v) is 4.59. The van der Waals surface area contributed by atoms with Crippen molar-refractivity contribution in [2.24, 2.45) is 0 Å². The summed E-state index contributed by atoms with van der Waals surface area (Å²) in [4.78, 5) is 2.49. The Kier molecular flexibility index (Phi) is 7.60. The minimum absolute atomic E-state index is 0.810. The molecule has 104 valence electrons. The maximum absolute atomic E-state index is 4.16. The summed E-state index contributed by atoms with van der Waals surface area (Å²) < 4.78 is 1.95. The third-order valence-corrected chi connectivity index (χ3v) is 2.87. The number of nitrogens with one attached hydrogen (secondary N) is 1. The Morgan fingerprint density at radius 2 is 1.89 bits per heavy atom. The van der Waals surface area contributed by atoms with Crippen molar-refractivity contribution in [2.45, 2.75) is 46.7 Å². The van der Waals surface area contributed by atoms with Crippen molar-refractivity contribution in [3.63, 3.8) is 0 Å². The normalized spacial score (nSPS) is 11.3. The van der Waals surface area contributed by atoms with Gasteiger partial charge in [-0.2, -0.15) is 0 Å². The lowest BCUT2D eigenvalue weighted by Crippen LogP contribution is -2.29. The van der Waals surface area contributed by atoms with Gasteiger partial charge < -0.3 is 10.2 Å². The van der Waals surface area contributed by atoms with Crippen LogP contribution >= 0.6 is 0 Å². The van der Waals surface area contributed by atoms with Crippen LogP contribution in [0.5, 0.6) is 0 Å². The molecule has 0 aliphatic rings. The van der Waals surface area contributed by atoms with Crippen LogP contribution in [0.3, 0.4) is 0 Å². The lowest BCUT2D eigenvalue weighted by molar-refractivity contribution is 0.258. The number of rotatable bonds is 10. The predicted octanol–water partition coefficient (Wildman–Crippen LogP) is 1.51. The van der Waals surface area contributed by atoms with Crippen molar-refractivity contribution < 1.29 is 0 Å². The van der Waals surface area contributed by atoms with Crippen LogP contribution in [0.2, 0.25) is 0 Å². The summed E-state index contributed by atoms with van der Waals surface area (Å²) in [7, 11) is 0. The maximum atomic E-state index is 4.16. The van der Waals surface area contributed by atoms with Crippen LogP contribution in [0.1, 0.15) is 39.3 Å². The topological polar surface area (TPSA) is 46.0 Å². The van der Waals surface area contributed by atoms with Gasteiger partial charge in [-0.25, -0.2) is 0 Å². The molecule has 1 aromatic rings. The zero-order valence-corrected chi connectivity index (χ0v) is 12.0. The minimum Gasteiger partial charge on any atom is -0.311 e. The van der Waals surface area contributed by atoms with Gasteiger partial charge in [-0.05, 0) is 32.5 Å². The molecule has 0 fully saturated rings. The fourth-order valence-corrected chi connectivity index (χ4v) is 1.99. The van der Waals surface area contributed by atoms with E-state index in [0.717, 1.165) is 31.9 Å². The van der Waals surface area contributed by atoms with Crippen LogP contribution in [0.15, 0.2) is 6.20 Å². The maximum Gasteiger partial charge on any atom is 0.0964 e. The van der Waals surface area contributed by atoms with Crippen molar-refractivity contribution in [1.82, 2.24) is 25.2 Å². The van der Waals surface area contributed by atoms with E-state index in [0.29, 0.717) is 0 Å². The monoisotopic (exact) mass is 253 g/mol. The van der Waals surface area contributed by atoms with Gasteiger partial charge in [-0.15, -0.1) is 5.10 Å². The first-order chi connectivity index (χ1) is 8.80. The molecule has 1 N–H and O–H groups in total. The van der Waals surface area contributed by atoms with Crippen LogP contribution < -0.4 is 5.32 Å². The summed E-state index contributed by atoms with van der Waals surface area (Å²) in [6.07, 6.45) is 4.46. The molecule has 0 atom stereocenters. The summed E-state index contributed by atoms with van der Waals surface area (Å²) >= 11 is 0. The van der Waals surface area contributed by atoms with Crippen LogP contribution in [-0.4, -0.2) is 46.1 Å². The molecule has 1 aromatic heterocycles. The van der Waals surface area contributed by atoms with E-state index in [4.69, 9.17) is 0 Å². The molecule has 0 bridgehead atoms. The van der Waals surface area contributed by atoms with Crippen molar-refractivity contribution in [3.8, 4) is 0 Å². The van der Waals surface area contributed by atoms with E-state index in [2.05, 4.69) is 41.3 Å². The van der Waals surface area contributed by atoms with Crippen molar-refractivity contribution >= 4 is 0 Å². The lowest BCUT2D eigenvalue weighted by Gasteiger charge is -2.20. The molecule has 0 aromatic carbocycles. The zero-order valence-electron chi connectivity index (χ0n) is 12.0. The van der Waals surface area contributed by atoms with E-state index in [1.807, 2.05) is 10.9 Å². The molecule has 1 rings (SSSR count). The Labute approximate surface area is 111 Å². The van der Waals surface area contributed by atoms with E-state index >= 15 is 0 Å². The number of nitrogens with zero attached hydrogens (tertiary/aromatic N) is 4. The molecule has 5 heteroatoms. The number of aromatic nitrogens is 3. The predicted molar refractivity (Wildman–Crippen MR) is 74.4 cm³/mol. The van der Waals surface area contributed by atoms with Gasteiger partial charge in [-0.3, -0.25) is 4.68 Å². The quantitative estimate of drug-likeness (QED) is 0.686. The molecule has 0 amide bonds. The third kappa shape index (κ3) is 5.60. The molecular weight excluding hydrogens is 226 g/mol. The van der Waals surface area contributed by atoms with Gasteiger partial charge in [0.05, 0.1) is 12.2 Å². The van der Waals surface area contributed by atoms with Gasteiger partial charge in [0.15, 0.2) is 0 Å². The Morgan fingerprint density at radius 3 is 2.50 bits per heavy atom. The highest BCUT2D eigenvalue weighted by Crippen LogP contribution is 1.97. The van der Waals surface area contributed by atoms with E-state index in [9.17, 15) is 0 Å². The summed E-state index contributed by atoms with van der Waals surface area (Å²) in [6, 6.07) is 0. The van der Waals surface area contributed by atoms with Gasteiger partial charge in [-0.1, -0.05) is 26.0 Å². The lowest BCUT2D eigenvalue weighted by atomic mass is 10.3. The van der Waals surface area contributed by atoms with Gasteiger partial charge >= 0.3 is 0 Å². The highest BCUT2D eigenvalue weighted by Gasteiger charge is 2.04. The van der Waals surface area contributed by atoms with Crippen molar-refractivity contribution in [1.29, 1.82) is 0 Å². The van der Waals surface area contributed by atoms with Crippen LogP contribution in [0, 0.1) is 0 Å². The number of hydrogen-bond donors (Lipinski definition) is 1. The zero-order chi connectivity index (χ0) is 13.2. The van der Waals surface area contributed by atoms with E-state index in [1.54, 1.807) is 0 Å². The molecular formula is C13H27N5. The highest BCUT2D eigenvalue weighted by atomic mass is 15.4. The standard InChI is InChI=1S/C13H27N5/c1-4-7-17(8-5-2)9-10-18-12-13(15-16-18)11-14-6-3/h12,14H,4-11H2,1-3H3. The fraction of sp³-hybridized carbons (Fsp3) is 0.846. The summed E-state index contributed by atoms with van der Waals surface area (Å²) in [5.41, 5.74) is 1.02. The SMILES string of the molecule is CCCN(CCC)CCn1cc(CNCC)nn1. The Balaban J connectivity index is 2.34. The molecule has 0 spiro atoms. The number of hydrogen-bond acceptors (Lipinski definition) is 4. The van der Waals surface area contributed by atoms with Gasteiger partial charge in [0, 0.05) is 19.3 Å². The third-order valence-electron chi connectivity index (χ3n) is 2.87. The second-order valence-electron chi connectivity index (χ2n) is 4.59. The first kappa shape index (κ1) is 15.1. The van der Waals surface area contributed by atoms with Gasteiger partial charge in [0.2, 0.25) is 0 Å². The highest BCUT2D eigenvalue weighted by molar-refractivity contribution is 4.91. The first-order valence-electron chi connectivity index (χ1n) is 7.12. The fourth-order valence-electron chi connectivity index (χ4n) is 1.99. The summed E-state index contributed by atoms with van der Waals surface area (Å²) in [6.45, 7) is 12.7. The minimum atomic E-state index is 0.810. The molecule has 0 saturated carbocycles.